The first-order chi connectivity index (χ1) is 13.9. The molecule has 29 heavy (non-hydrogen) atoms. The molecule has 0 aliphatic heterocycles. The summed E-state index contributed by atoms with van der Waals surface area (Å²) in [5, 5.41) is 2.98. The van der Waals surface area contributed by atoms with Crippen LogP contribution in [0.15, 0.2) is 48.5 Å². The summed E-state index contributed by atoms with van der Waals surface area (Å²) >= 11 is 0. The molecule has 3 rings (SSSR count). The number of rotatable bonds is 7. The van der Waals surface area contributed by atoms with Crippen LogP contribution in [-0.4, -0.2) is 17.6 Å². The van der Waals surface area contributed by atoms with Crippen molar-refractivity contribution in [2.75, 3.05) is 7.11 Å². The summed E-state index contributed by atoms with van der Waals surface area (Å²) in [5.41, 5.74) is 5.89. The van der Waals surface area contributed by atoms with Gasteiger partial charge >= 0.3 is 0 Å². The average Bonchev–Trinajstić information content (AvgIpc) is 2.96. The van der Waals surface area contributed by atoms with Gasteiger partial charge in [0.25, 0.3) is 5.91 Å². The third-order valence-electron chi connectivity index (χ3n) is 5.33. The van der Waals surface area contributed by atoms with Gasteiger partial charge in [0.05, 0.1) is 7.11 Å². The van der Waals surface area contributed by atoms with Crippen LogP contribution in [0.1, 0.15) is 45.4 Å². The minimum Gasteiger partial charge on any atom is -0.497 e. The molecule has 4 nitrogen and oxygen atoms in total. The van der Waals surface area contributed by atoms with Crippen molar-refractivity contribution >= 4 is 5.91 Å². The van der Waals surface area contributed by atoms with E-state index < -0.39 is 0 Å². The number of ether oxygens (including phenoxy) is 1. The third-order valence-corrected chi connectivity index (χ3v) is 5.33. The Labute approximate surface area is 171 Å². The Kier molecular flexibility index (Phi) is 6.37. The van der Waals surface area contributed by atoms with Crippen LogP contribution >= 0.6 is 0 Å². The topological polar surface area (TPSA) is 43.3 Å². The molecule has 0 bridgehead atoms. The van der Waals surface area contributed by atoms with Crippen LogP contribution in [0.2, 0.25) is 0 Å². The van der Waals surface area contributed by atoms with E-state index in [0.717, 1.165) is 34.6 Å². The van der Waals surface area contributed by atoms with Crippen LogP contribution in [0.3, 0.4) is 0 Å². The first-order valence-corrected chi connectivity index (χ1v) is 9.78. The number of nitrogens with zero attached hydrogens (tertiary/aromatic N) is 1. The van der Waals surface area contributed by atoms with Gasteiger partial charge in [-0.05, 0) is 66.8 Å². The van der Waals surface area contributed by atoms with Gasteiger partial charge in [-0.2, -0.15) is 0 Å². The second kappa shape index (κ2) is 8.95. The number of hydrogen-bond acceptors (Lipinski definition) is 2. The first kappa shape index (κ1) is 20.6. The average molecular weight is 394 g/mol. The van der Waals surface area contributed by atoms with Gasteiger partial charge in [-0.25, -0.2) is 4.39 Å². The quantitative estimate of drug-likeness (QED) is 0.626. The fourth-order valence-corrected chi connectivity index (χ4v) is 3.78. The molecule has 0 aliphatic rings. The van der Waals surface area contributed by atoms with Crippen LogP contribution in [0.5, 0.6) is 5.75 Å². The molecule has 3 aromatic rings. The van der Waals surface area contributed by atoms with Gasteiger partial charge in [-0.3, -0.25) is 4.79 Å². The Balaban J connectivity index is 1.89. The maximum Gasteiger partial charge on any atom is 0.268 e. The maximum atomic E-state index is 13.1. The molecular formula is C24H27FN2O2. The van der Waals surface area contributed by atoms with E-state index in [1.165, 1.54) is 17.7 Å². The van der Waals surface area contributed by atoms with E-state index in [1.54, 1.807) is 19.2 Å². The fraction of sp³-hybridized carbons (Fsp3) is 0.292. The molecule has 2 aromatic carbocycles. The summed E-state index contributed by atoms with van der Waals surface area (Å²) in [6.07, 6.45) is 0.862. The van der Waals surface area contributed by atoms with Gasteiger partial charge in [0, 0.05) is 18.8 Å². The van der Waals surface area contributed by atoms with Crippen molar-refractivity contribution in [1.29, 1.82) is 0 Å². The fourth-order valence-electron chi connectivity index (χ4n) is 3.78. The van der Waals surface area contributed by atoms with Crippen molar-refractivity contribution in [2.24, 2.45) is 0 Å². The van der Waals surface area contributed by atoms with Gasteiger partial charge in [0.15, 0.2) is 0 Å². The second-order valence-corrected chi connectivity index (χ2v) is 7.14. The zero-order valence-electron chi connectivity index (χ0n) is 17.4. The minimum absolute atomic E-state index is 0.127. The van der Waals surface area contributed by atoms with Crippen LogP contribution in [0.4, 0.5) is 4.39 Å². The Bertz CT molecular complexity index is 1010. The third kappa shape index (κ3) is 4.50. The number of benzene rings is 2. The monoisotopic (exact) mass is 394 g/mol. The molecule has 0 spiro atoms. The molecular weight excluding hydrogens is 367 g/mol. The van der Waals surface area contributed by atoms with Crippen LogP contribution in [0, 0.1) is 19.7 Å². The molecule has 1 N–H and O–H groups in total. The number of hydrogen-bond donors (Lipinski definition) is 1. The number of amides is 1. The molecule has 0 saturated heterocycles. The number of carbonyl (C=O) groups is 1. The molecule has 5 heteroatoms. The van der Waals surface area contributed by atoms with E-state index in [1.807, 2.05) is 31.2 Å². The van der Waals surface area contributed by atoms with Crippen molar-refractivity contribution in [3.05, 3.63) is 88.0 Å². The highest BCUT2D eigenvalue weighted by Crippen LogP contribution is 2.25. The Morgan fingerprint density at radius 1 is 1.10 bits per heavy atom. The first-order valence-electron chi connectivity index (χ1n) is 9.78. The standard InChI is InChI=1S/C24H27FN2O2/c1-5-22-16(2)23(24(28)26-14-18-9-11-20(25)12-10-18)27(17(22)3)15-19-7-6-8-21(13-19)29-4/h6-13H,5,14-15H2,1-4H3,(H,26,28). The van der Waals surface area contributed by atoms with E-state index in [9.17, 15) is 9.18 Å². The minimum atomic E-state index is -0.286. The van der Waals surface area contributed by atoms with Crippen molar-refractivity contribution < 1.29 is 13.9 Å². The molecule has 1 heterocycles. The Morgan fingerprint density at radius 3 is 2.48 bits per heavy atom. The molecule has 0 atom stereocenters. The molecule has 0 radical (unpaired) electrons. The number of methoxy groups -OCH3 is 1. The molecule has 1 aromatic heterocycles. The van der Waals surface area contributed by atoms with Gasteiger partial charge in [-0.1, -0.05) is 31.2 Å². The molecule has 0 saturated carbocycles. The SMILES string of the molecule is CCc1c(C)c(C(=O)NCc2ccc(F)cc2)n(Cc2cccc(OC)c2)c1C. The molecule has 0 fully saturated rings. The second-order valence-electron chi connectivity index (χ2n) is 7.14. The van der Waals surface area contributed by atoms with Crippen LogP contribution in [-0.2, 0) is 19.5 Å². The zero-order valence-corrected chi connectivity index (χ0v) is 17.4. The normalized spacial score (nSPS) is 10.8. The highest BCUT2D eigenvalue weighted by Gasteiger charge is 2.22. The summed E-state index contributed by atoms with van der Waals surface area (Å²) in [5.74, 6) is 0.380. The van der Waals surface area contributed by atoms with E-state index in [4.69, 9.17) is 4.74 Å². The summed E-state index contributed by atoms with van der Waals surface area (Å²) in [7, 11) is 1.65. The van der Waals surface area contributed by atoms with E-state index in [0.29, 0.717) is 18.8 Å². The molecule has 152 valence electrons. The van der Waals surface area contributed by atoms with Gasteiger partial charge in [0.1, 0.15) is 17.3 Å². The van der Waals surface area contributed by atoms with Crippen molar-refractivity contribution in [1.82, 2.24) is 9.88 Å². The van der Waals surface area contributed by atoms with E-state index >= 15 is 0 Å². The lowest BCUT2D eigenvalue weighted by molar-refractivity contribution is 0.0941. The van der Waals surface area contributed by atoms with Crippen LogP contribution in [0.25, 0.3) is 0 Å². The van der Waals surface area contributed by atoms with Crippen molar-refractivity contribution in [2.45, 2.75) is 40.3 Å². The van der Waals surface area contributed by atoms with E-state index in [2.05, 4.69) is 23.7 Å². The highest BCUT2D eigenvalue weighted by atomic mass is 19.1. The largest absolute Gasteiger partial charge is 0.497 e. The van der Waals surface area contributed by atoms with E-state index in [-0.39, 0.29) is 11.7 Å². The number of carbonyl (C=O) groups excluding carboxylic acids is 1. The summed E-state index contributed by atoms with van der Waals surface area (Å²) in [6, 6.07) is 14.0. The molecule has 0 unspecified atom stereocenters. The predicted octanol–water partition coefficient (Wildman–Crippen LogP) is 4.79. The molecule has 1 amide bonds. The number of aromatic nitrogens is 1. The summed E-state index contributed by atoms with van der Waals surface area (Å²) in [4.78, 5) is 13.1. The van der Waals surface area contributed by atoms with Gasteiger partial charge in [0.2, 0.25) is 0 Å². The van der Waals surface area contributed by atoms with Crippen LogP contribution < -0.4 is 10.1 Å². The maximum absolute atomic E-state index is 13.1. The number of nitrogens with one attached hydrogen (secondary N) is 1. The lowest BCUT2D eigenvalue weighted by Crippen LogP contribution is -2.26. The summed E-state index contributed by atoms with van der Waals surface area (Å²) < 4.78 is 20.5. The van der Waals surface area contributed by atoms with Crippen molar-refractivity contribution in [3.8, 4) is 5.75 Å². The lowest BCUT2D eigenvalue weighted by Gasteiger charge is -2.14. The van der Waals surface area contributed by atoms with Crippen molar-refractivity contribution in [3.63, 3.8) is 0 Å². The predicted molar refractivity (Wildman–Crippen MR) is 113 cm³/mol. The van der Waals surface area contributed by atoms with Gasteiger partial charge < -0.3 is 14.6 Å². The number of halogens is 1. The highest BCUT2D eigenvalue weighted by molar-refractivity contribution is 5.95. The lowest BCUT2D eigenvalue weighted by atomic mass is 10.1. The molecule has 0 aliphatic carbocycles. The smallest absolute Gasteiger partial charge is 0.268 e. The summed E-state index contributed by atoms with van der Waals surface area (Å²) in [6.45, 7) is 7.10. The Morgan fingerprint density at radius 2 is 1.83 bits per heavy atom. The Hall–Kier alpha value is -3.08. The van der Waals surface area contributed by atoms with Gasteiger partial charge in [-0.15, -0.1) is 0 Å². The zero-order chi connectivity index (χ0) is 21.0.